The fraction of sp³-hybridized carbons (Fsp3) is 0.100. The standard InChI is InChI=1S/C20H12Cl2F4N2O3/c21-12-4-6-16(22)15(9-12)17-7-5-14(30-17)10-27-28-18(29)11-2-1-3-13(8-11)31-20(25,26)19(23)24/h1-10,19H,(H,28,29)/b27-10+. The Labute approximate surface area is 183 Å². The fourth-order valence-electron chi connectivity index (χ4n) is 2.37. The van der Waals surface area contributed by atoms with Crippen molar-refractivity contribution in [3.05, 3.63) is 76.0 Å². The Morgan fingerprint density at radius 1 is 1.13 bits per heavy atom. The van der Waals surface area contributed by atoms with Gasteiger partial charge in [-0.3, -0.25) is 4.79 Å². The molecule has 3 rings (SSSR count). The number of furan rings is 1. The van der Waals surface area contributed by atoms with E-state index in [9.17, 15) is 22.4 Å². The lowest BCUT2D eigenvalue weighted by atomic mass is 10.2. The molecule has 0 radical (unpaired) electrons. The van der Waals surface area contributed by atoms with Crippen LogP contribution in [0.4, 0.5) is 17.6 Å². The molecular weight excluding hydrogens is 463 g/mol. The zero-order chi connectivity index (χ0) is 22.6. The molecule has 0 unspecified atom stereocenters. The maximum absolute atomic E-state index is 13.0. The molecule has 5 nitrogen and oxygen atoms in total. The van der Waals surface area contributed by atoms with E-state index < -0.39 is 24.2 Å². The molecule has 0 aliphatic rings. The number of nitrogens with one attached hydrogen (secondary N) is 1. The summed E-state index contributed by atoms with van der Waals surface area (Å²) in [5, 5.41) is 4.61. The Bertz CT molecular complexity index is 1120. The molecule has 0 aliphatic carbocycles. The molecule has 0 fully saturated rings. The van der Waals surface area contributed by atoms with E-state index in [1.165, 1.54) is 18.3 Å². The predicted octanol–water partition coefficient (Wildman–Crippen LogP) is 6.25. The van der Waals surface area contributed by atoms with E-state index in [0.717, 1.165) is 12.1 Å². The first kappa shape index (κ1) is 22.6. The van der Waals surface area contributed by atoms with Gasteiger partial charge in [0.1, 0.15) is 17.3 Å². The van der Waals surface area contributed by atoms with Crippen LogP contribution < -0.4 is 10.2 Å². The maximum atomic E-state index is 13.0. The second-order valence-corrected chi connectivity index (χ2v) is 6.86. The molecular formula is C20H12Cl2F4N2O3. The van der Waals surface area contributed by atoms with Crippen molar-refractivity contribution in [2.75, 3.05) is 0 Å². The quantitative estimate of drug-likeness (QED) is 0.250. The van der Waals surface area contributed by atoms with Gasteiger partial charge in [0.05, 0.1) is 11.2 Å². The van der Waals surface area contributed by atoms with Crippen LogP contribution in [0.1, 0.15) is 16.1 Å². The van der Waals surface area contributed by atoms with Crippen LogP contribution in [-0.4, -0.2) is 24.7 Å². The molecule has 1 aromatic heterocycles. The molecule has 0 aliphatic heterocycles. The Morgan fingerprint density at radius 3 is 2.65 bits per heavy atom. The second kappa shape index (κ2) is 9.40. The van der Waals surface area contributed by atoms with Crippen molar-refractivity contribution in [1.29, 1.82) is 0 Å². The topological polar surface area (TPSA) is 63.8 Å². The van der Waals surface area contributed by atoms with E-state index in [0.29, 0.717) is 21.4 Å². The highest BCUT2D eigenvalue weighted by atomic mass is 35.5. The van der Waals surface area contributed by atoms with Crippen LogP contribution >= 0.6 is 23.2 Å². The summed E-state index contributed by atoms with van der Waals surface area (Å²) in [5.41, 5.74) is 2.59. The van der Waals surface area contributed by atoms with Gasteiger partial charge in [-0.15, -0.1) is 0 Å². The monoisotopic (exact) mass is 474 g/mol. The summed E-state index contributed by atoms with van der Waals surface area (Å²) in [6, 6.07) is 12.4. The zero-order valence-corrected chi connectivity index (χ0v) is 16.8. The lowest BCUT2D eigenvalue weighted by Gasteiger charge is -2.16. The van der Waals surface area contributed by atoms with E-state index in [4.69, 9.17) is 27.6 Å². The summed E-state index contributed by atoms with van der Waals surface area (Å²) >= 11 is 12.1. The lowest BCUT2D eigenvalue weighted by Crippen LogP contribution is -2.33. The van der Waals surface area contributed by atoms with Crippen molar-refractivity contribution >= 4 is 35.3 Å². The molecule has 1 amide bonds. The molecule has 1 N–H and O–H groups in total. The van der Waals surface area contributed by atoms with Crippen molar-refractivity contribution in [1.82, 2.24) is 5.43 Å². The third-order valence-electron chi connectivity index (χ3n) is 3.78. The van der Waals surface area contributed by atoms with Crippen molar-refractivity contribution < 1.29 is 31.5 Å². The molecule has 2 aromatic carbocycles. The van der Waals surface area contributed by atoms with Gasteiger partial charge in [-0.1, -0.05) is 29.3 Å². The minimum atomic E-state index is -4.68. The van der Waals surface area contributed by atoms with Crippen molar-refractivity contribution in [2.24, 2.45) is 5.10 Å². The first-order valence-electron chi connectivity index (χ1n) is 8.49. The number of hydrogen-bond donors (Lipinski definition) is 1. The zero-order valence-electron chi connectivity index (χ0n) is 15.3. The summed E-state index contributed by atoms with van der Waals surface area (Å²) in [5.74, 6) is -0.687. The van der Waals surface area contributed by atoms with E-state index in [1.807, 2.05) is 0 Å². The summed E-state index contributed by atoms with van der Waals surface area (Å²) in [6.07, 6.45) is -7.50. The van der Waals surface area contributed by atoms with Gasteiger partial charge in [0, 0.05) is 16.1 Å². The van der Waals surface area contributed by atoms with Crippen molar-refractivity contribution in [3.63, 3.8) is 0 Å². The highest BCUT2D eigenvalue weighted by Crippen LogP contribution is 2.31. The van der Waals surface area contributed by atoms with Crippen LogP contribution in [0.15, 0.2) is 64.1 Å². The summed E-state index contributed by atoms with van der Waals surface area (Å²) in [6.45, 7) is 0. The Balaban J connectivity index is 1.66. The smallest absolute Gasteiger partial charge is 0.455 e. The van der Waals surface area contributed by atoms with E-state index >= 15 is 0 Å². The molecule has 0 saturated heterocycles. The lowest BCUT2D eigenvalue weighted by molar-refractivity contribution is -0.253. The van der Waals surface area contributed by atoms with Gasteiger partial charge in [-0.05, 0) is 48.5 Å². The number of benzene rings is 2. The normalized spacial score (nSPS) is 11.8. The number of rotatable bonds is 7. The molecule has 3 aromatic rings. The third kappa shape index (κ3) is 5.77. The first-order chi connectivity index (χ1) is 14.7. The second-order valence-electron chi connectivity index (χ2n) is 6.02. The van der Waals surface area contributed by atoms with Crippen molar-refractivity contribution in [3.8, 4) is 17.1 Å². The minimum Gasteiger partial charge on any atom is -0.455 e. The number of nitrogens with zero attached hydrogens (tertiary/aromatic N) is 1. The van der Waals surface area contributed by atoms with Crippen LogP contribution in [0.3, 0.4) is 0 Å². The number of alkyl halides is 4. The van der Waals surface area contributed by atoms with E-state index in [-0.39, 0.29) is 11.3 Å². The summed E-state index contributed by atoms with van der Waals surface area (Å²) in [4.78, 5) is 12.1. The summed E-state index contributed by atoms with van der Waals surface area (Å²) < 4.78 is 60.0. The van der Waals surface area contributed by atoms with Crippen LogP contribution in [0.25, 0.3) is 11.3 Å². The molecule has 1 heterocycles. The largest absolute Gasteiger partial charge is 0.461 e. The van der Waals surface area contributed by atoms with Gasteiger partial charge in [0.2, 0.25) is 0 Å². The number of halogens is 6. The SMILES string of the molecule is O=C(N/N=C/c1ccc(-c2cc(Cl)ccc2Cl)o1)c1cccc(OC(F)(F)C(F)F)c1. The van der Waals surface area contributed by atoms with E-state index in [2.05, 4.69) is 15.3 Å². The Morgan fingerprint density at radius 2 is 1.90 bits per heavy atom. The number of carbonyl (C=O) groups is 1. The minimum absolute atomic E-state index is 0.134. The molecule has 162 valence electrons. The van der Waals surface area contributed by atoms with Crippen LogP contribution in [-0.2, 0) is 0 Å². The average Bonchev–Trinajstić information content (AvgIpc) is 3.18. The number of hydrogen-bond acceptors (Lipinski definition) is 4. The molecule has 0 spiro atoms. The molecule has 0 atom stereocenters. The molecule has 31 heavy (non-hydrogen) atoms. The number of hydrazone groups is 1. The van der Waals surface area contributed by atoms with Crippen LogP contribution in [0, 0.1) is 0 Å². The highest BCUT2D eigenvalue weighted by molar-refractivity contribution is 6.35. The van der Waals surface area contributed by atoms with E-state index in [1.54, 1.807) is 30.3 Å². The maximum Gasteiger partial charge on any atom is 0.461 e. The average molecular weight is 475 g/mol. The Hall–Kier alpha value is -3.04. The first-order valence-corrected chi connectivity index (χ1v) is 9.25. The molecule has 0 saturated carbocycles. The fourth-order valence-corrected chi connectivity index (χ4v) is 2.76. The molecule has 0 bridgehead atoms. The van der Waals surface area contributed by atoms with Crippen molar-refractivity contribution in [2.45, 2.75) is 12.5 Å². The van der Waals surface area contributed by atoms with Gasteiger partial charge in [-0.25, -0.2) is 5.43 Å². The van der Waals surface area contributed by atoms with Gasteiger partial charge in [0.15, 0.2) is 0 Å². The third-order valence-corrected chi connectivity index (χ3v) is 4.35. The molecule has 11 heteroatoms. The van der Waals surface area contributed by atoms with Crippen LogP contribution in [0.2, 0.25) is 10.0 Å². The van der Waals surface area contributed by atoms with Gasteiger partial charge in [-0.2, -0.15) is 22.7 Å². The number of carbonyl (C=O) groups excluding carboxylic acids is 1. The Kier molecular flexibility index (Phi) is 6.87. The number of amides is 1. The van der Waals surface area contributed by atoms with Gasteiger partial charge < -0.3 is 9.15 Å². The predicted molar refractivity (Wildman–Crippen MR) is 107 cm³/mol. The van der Waals surface area contributed by atoms with Crippen LogP contribution in [0.5, 0.6) is 5.75 Å². The number of ether oxygens (including phenoxy) is 1. The highest BCUT2D eigenvalue weighted by Gasteiger charge is 2.44. The summed E-state index contributed by atoms with van der Waals surface area (Å²) in [7, 11) is 0. The van der Waals surface area contributed by atoms with Gasteiger partial charge >= 0.3 is 12.5 Å². The van der Waals surface area contributed by atoms with Gasteiger partial charge in [0.25, 0.3) is 5.91 Å².